The highest BCUT2D eigenvalue weighted by Crippen LogP contribution is 2.30. The number of hydrogen-bond acceptors (Lipinski definition) is 4. The van der Waals surface area contributed by atoms with Crippen molar-refractivity contribution in [3.8, 4) is 0 Å². The van der Waals surface area contributed by atoms with Gasteiger partial charge in [0.25, 0.3) is 0 Å². The highest BCUT2D eigenvalue weighted by molar-refractivity contribution is 5.89. The molecule has 0 aromatic carbocycles. The zero-order chi connectivity index (χ0) is 13.4. The van der Waals surface area contributed by atoms with E-state index in [0.29, 0.717) is 0 Å². The summed E-state index contributed by atoms with van der Waals surface area (Å²) < 4.78 is 10.1. The van der Waals surface area contributed by atoms with E-state index in [1.807, 2.05) is 20.8 Å². The number of ether oxygens (including phenoxy) is 2. The molecule has 0 N–H and O–H groups in total. The molecular formula is C12H21NO4. The Labute approximate surface area is 102 Å². The zero-order valence-electron chi connectivity index (χ0n) is 11.4. The summed E-state index contributed by atoms with van der Waals surface area (Å²) in [4.78, 5) is 24.6. The van der Waals surface area contributed by atoms with Gasteiger partial charge in [-0.05, 0) is 26.2 Å². The average Bonchev–Trinajstić information content (AvgIpc) is 2.42. The smallest absolute Gasteiger partial charge is 0.420 e. The summed E-state index contributed by atoms with van der Waals surface area (Å²) in [5, 5.41) is 0. The fourth-order valence-corrected chi connectivity index (χ4v) is 1.57. The largest absolute Gasteiger partial charge is 0.447 e. The molecule has 0 saturated carbocycles. The molecule has 1 saturated heterocycles. The molecule has 1 heterocycles. The molecule has 5 heteroatoms. The summed E-state index contributed by atoms with van der Waals surface area (Å²) in [6.45, 7) is 11.4. The Balaban J connectivity index is 2.86. The second-order valence-corrected chi connectivity index (χ2v) is 6.31. The molecule has 1 aliphatic heterocycles. The quantitative estimate of drug-likeness (QED) is 0.656. The van der Waals surface area contributed by atoms with Gasteiger partial charge in [0.2, 0.25) is 0 Å². The van der Waals surface area contributed by atoms with Gasteiger partial charge in [-0.1, -0.05) is 20.8 Å². The van der Waals surface area contributed by atoms with Crippen molar-refractivity contribution in [2.45, 2.75) is 53.2 Å². The van der Waals surface area contributed by atoms with Crippen LogP contribution in [0.2, 0.25) is 0 Å². The van der Waals surface area contributed by atoms with Crippen LogP contribution in [0, 0.1) is 5.41 Å². The van der Waals surface area contributed by atoms with Crippen LogP contribution in [0.5, 0.6) is 0 Å². The Kier molecular flexibility index (Phi) is 3.41. The lowest BCUT2D eigenvalue weighted by Crippen LogP contribution is -2.47. The lowest BCUT2D eigenvalue weighted by molar-refractivity contribution is 0.0216. The number of hydrogen-bond donors (Lipinski definition) is 0. The second-order valence-electron chi connectivity index (χ2n) is 6.31. The average molecular weight is 243 g/mol. The van der Waals surface area contributed by atoms with Crippen molar-refractivity contribution in [1.29, 1.82) is 0 Å². The van der Waals surface area contributed by atoms with Crippen molar-refractivity contribution < 1.29 is 19.1 Å². The molecule has 0 bridgehead atoms. The zero-order valence-corrected chi connectivity index (χ0v) is 11.4. The van der Waals surface area contributed by atoms with Crippen LogP contribution in [0.25, 0.3) is 0 Å². The van der Waals surface area contributed by atoms with Gasteiger partial charge < -0.3 is 9.47 Å². The van der Waals surface area contributed by atoms with Crippen LogP contribution in [0.1, 0.15) is 41.5 Å². The fourth-order valence-electron chi connectivity index (χ4n) is 1.57. The maximum Gasteiger partial charge on any atom is 0.420 e. The number of carbonyl (C=O) groups is 2. The Hall–Kier alpha value is -1.26. The van der Waals surface area contributed by atoms with E-state index in [1.165, 1.54) is 0 Å². The summed E-state index contributed by atoms with van der Waals surface area (Å²) in [5.74, 6) is 0. The van der Waals surface area contributed by atoms with Gasteiger partial charge in [-0.2, -0.15) is 0 Å². The minimum Gasteiger partial charge on any atom is -0.447 e. The van der Waals surface area contributed by atoms with Gasteiger partial charge in [-0.3, -0.25) is 0 Å². The van der Waals surface area contributed by atoms with Crippen LogP contribution >= 0.6 is 0 Å². The highest BCUT2D eigenvalue weighted by Gasteiger charge is 2.45. The van der Waals surface area contributed by atoms with Crippen LogP contribution in [-0.4, -0.2) is 35.3 Å². The molecule has 1 aliphatic rings. The molecule has 0 spiro atoms. The van der Waals surface area contributed by atoms with E-state index in [-0.39, 0.29) is 18.1 Å². The third-order valence-corrected chi connectivity index (χ3v) is 2.46. The molecule has 0 aromatic rings. The monoisotopic (exact) mass is 243 g/mol. The number of nitrogens with zero attached hydrogens (tertiary/aromatic N) is 1. The first kappa shape index (κ1) is 13.8. The van der Waals surface area contributed by atoms with E-state index in [4.69, 9.17) is 9.47 Å². The normalized spacial score (nSPS) is 21.4. The number of carbonyl (C=O) groups excluding carboxylic acids is 2. The number of rotatable bonds is 0. The first-order chi connectivity index (χ1) is 7.52. The third-order valence-electron chi connectivity index (χ3n) is 2.46. The van der Waals surface area contributed by atoms with Gasteiger partial charge in [-0.15, -0.1) is 0 Å². The fraction of sp³-hybridized carbons (Fsp3) is 0.833. The van der Waals surface area contributed by atoms with Crippen molar-refractivity contribution in [2.75, 3.05) is 6.61 Å². The summed E-state index contributed by atoms with van der Waals surface area (Å²) in [6.07, 6.45) is -1.26. The van der Waals surface area contributed by atoms with E-state index in [0.717, 1.165) is 4.90 Å². The molecule has 1 fully saturated rings. The molecule has 1 unspecified atom stereocenters. The van der Waals surface area contributed by atoms with Gasteiger partial charge >= 0.3 is 12.2 Å². The lowest BCUT2D eigenvalue weighted by atomic mass is 9.87. The highest BCUT2D eigenvalue weighted by atomic mass is 16.6. The molecule has 2 amide bonds. The van der Waals surface area contributed by atoms with E-state index < -0.39 is 17.8 Å². The first-order valence-electron chi connectivity index (χ1n) is 5.71. The maximum absolute atomic E-state index is 11.9. The van der Waals surface area contributed by atoms with E-state index in [1.54, 1.807) is 20.8 Å². The van der Waals surface area contributed by atoms with Gasteiger partial charge in [-0.25, -0.2) is 14.5 Å². The Morgan fingerprint density at radius 1 is 1.29 bits per heavy atom. The van der Waals surface area contributed by atoms with Crippen molar-refractivity contribution in [2.24, 2.45) is 5.41 Å². The van der Waals surface area contributed by atoms with Crippen molar-refractivity contribution in [1.82, 2.24) is 4.90 Å². The van der Waals surface area contributed by atoms with Crippen LogP contribution < -0.4 is 0 Å². The molecule has 1 rings (SSSR count). The van der Waals surface area contributed by atoms with E-state index >= 15 is 0 Å². The topological polar surface area (TPSA) is 55.8 Å². The summed E-state index contributed by atoms with van der Waals surface area (Å²) in [5.41, 5.74) is -0.856. The lowest BCUT2D eigenvalue weighted by Gasteiger charge is -2.32. The molecule has 0 aromatic heterocycles. The predicted octanol–water partition coefficient (Wildman–Crippen LogP) is 2.79. The third kappa shape index (κ3) is 3.35. The number of imide groups is 1. The summed E-state index contributed by atoms with van der Waals surface area (Å²) in [6, 6.07) is -0.287. The van der Waals surface area contributed by atoms with E-state index in [9.17, 15) is 9.59 Å². The molecule has 0 radical (unpaired) electrons. The molecule has 1 atom stereocenters. The Bertz CT molecular complexity index is 324. The molecular weight excluding hydrogens is 222 g/mol. The maximum atomic E-state index is 11.9. The number of amides is 2. The standard InChI is InChI=1S/C12H21NO4/c1-11(2,3)8-7-16-9(14)13(8)10(15)17-12(4,5)6/h8H,7H2,1-6H3. The van der Waals surface area contributed by atoms with Crippen LogP contribution in [0.15, 0.2) is 0 Å². The summed E-state index contributed by atoms with van der Waals surface area (Å²) >= 11 is 0. The number of cyclic esters (lactones) is 1. The molecule has 5 nitrogen and oxygen atoms in total. The van der Waals surface area contributed by atoms with Gasteiger partial charge in [0.05, 0.1) is 6.04 Å². The van der Waals surface area contributed by atoms with Crippen molar-refractivity contribution >= 4 is 12.2 Å². The van der Waals surface area contributed by atoms with Gasteiger partial charge in [0.15, 0.2) is 0 Å². The van der Waals surface area contributed by atoms with E-state index in [2.05, 4.69) is 0 Å². The minimum atomic E-state index is -0.639. The predicted molar refractivity (Wildman–Crippen MR) is 62.7 cm³/mol. The van der Waals surface area contributed by atoms with Crippen LogP contribution in [-0.2, 0) is 9.47 Å². The second kappa shape index (κ2) is 4.20. The van der Waals surface area contributed by atoms with Gasteiger partial charge in [0.1, 0.15) is 12.2 Å². The summed E-state index contributed by atoms with van der Waals surface area (Å²) in [7, 11) is 0. The SMILES string of the molecule is CC(C)(C)OC(=O)N1C(=O)OCC1C(C)(C)C. The van der Waals surface area contributed by atoms with Crippen molar-refractivity contribution in [3.63, 3.8) is 0 Å². The van der Waals surface area contributed by atoms with Crippen molar-refractivity contribution in [3.05, 3.63) is 0 Å². The Morgan fingerprint density at radius 2 is 1.82 bits per heavy atom. The van der Waals surface area contributed by atoms with Crippen LogP contribution in [0.3, 0.4) is 0 Å². The van der Waals surface area contributed by atoms with Gasteiger partial charge in [0, 0.05) is 0 Å². The molecule has 0 aliphatic carbocycles. The Morgan fingerprint density at radius 3 is 2.24 bits per heavy atom. The minimum absolute atomic E-state index is 0.224. The molecule has 98 valence electrons. The van der Waals surface area contributed by atoms with Crippen LogP contribution in [0.4, 0.5) is 9.59 Å². The molecule has 17 heavy (non-hydrogen) atoms. The first-order valence-corrected chi connectivity index (χ1v) is 5.71.